The minimum absolute atomic E-state index is 0.323. The van der Waals surface area contributed by atoms with Gasteiger partial charge in [-0.05, 0) is 23.1 Å². The summed E-state index contributed by atoms with van der Waals surface area (Å²) in [5.41, 5.74) is 4.64. The van der Waals surface area contributed by atoms with Gasteiger partial charge in [-0.15, -0.1) is 10.0 Å². The summed E-state index contributed by atoms with van der Waals surface area (Å²) in [6.07, 6.45) is 0.323. The predicted molar refractivity (Wildman–Crippen MR) is 68.9 cm³/mol. The fraction of sp³-hybridized carbons (Fsp3) is 0.214. The highest BCUT2D eigenvalue weighted by molar-refractivity contribution is 5.82. The minimum atomic E-state index is -0.855. The molecule has 0 spiro atoms. The van der Waals surface area contributed by atoms with E-state index in [1.54, 1.807) is 5.54 Å². The Labute approximate surface area is 105 Å². The fourth-order valence-corrected chi connectivity index (χ4v) is 2.03. The van der Waals surface area contributed by atoms with Crippen LogP contribution in [0.1, 0.15) is 5.56 Å². The van der Waals surface area contributed by atoms with Crippen LogP contribution in [0.3, 0.4) is 0 Å². The molecular formula is C14H15FN2O. The largest absolute Gasteiger partial charge is 0.358 e. The Morgan fingerprint density at radius 3 is 2.72 bits per heavy atom. The molecule has 0 saturated heterocycles. The van der Waals surface area contributed by atoms with Gasteiger partial charge in [0.05, 0.1) is 0 Å². The second-order valence-electron chi connectivity index (χ2n) is 4.12. The molecule has 1 atom stereocenters. The third-order valence-corrected chi connectivity index (χ3v) is 3.00. The van der Waals surface area contributed by atoms with E-state index in [-0.39, 0.29) is 5.91 Å². The summed E-state index contributed by atoms with van der Waals surface area (Å²) in [7, 11) is 1.50. The van der Waals surface area contributed by atoms with Crippen LogP contribution in [0.15, 0.2) is 42.5 Å². The average Bonchev–Trinajstić information content (AvgIpc) is 2.63. The molecule has 94 valence electrons. The number of rotatable bonds is 4. The monoisotopic (exact) mass is 246 g/mol. The second-order valence-corrected chi connectivity index (χ2v) is 4.12. The Balaban J connectivity index is 2.26. The second kappa shape index (κ2) is 5.60. The van der Waals surface area contributed by atoms with E-state index in [0.29, 0.717) is 6.42 Å². The first-order valence-corrected chi connectivity index (χ1v) is 5.80. The van der Waals surface area contributed by atoms with E-state index < -0.39 is 6.04 Å². The quantitative estimate of drug-likeness (QED) is 0.809. The highest BCUT2D eigenvalue weighted by atomic mass is 19.2. The molecule has 2 aliphatic rings. The van der Waals surface area contributed by atoms with Crippen LogP contribution in [0.5, 0.6) is 0 Å². The molecule has 0 bridgehead atoms. The van der Waals surface area contributed by atoms with Crippen LogP contribution in [0.25, 0.3) is 11.1 Å². The van der Waals surface area contributed by atoms with E-state index >= 15 is 0 Å². The summed E-state index contributed by atoms with van der Waals surface area (Å²) < 4.78 is 12.7. The SMILES string of the molecule is CNC(=O)C(Cc1ccc2cccccc1-2)NF. The van der Waals surface area contributed by atoms with Gasteiger partial charge >= 0.3 is 0 Å². The maximum Gasteiger partial charge on any atom is 0.239 e. The fourth-order valence-electron chi connectivity index (χ4n) is 2.03. The van der Waals surface area contributed by atoms with Crippen molar-refractivity contribution in [1.82, 2.24) is 10.9 Å². The molecule has 3 nitrogen and oxygen atoms in total. The molecule has 0 aromatic heterocycles. The number of carbonyl (C=O) groups excluding carboxylic acids is 1. The van der Waals surface area contributed by atoms with Crippen LogP contribution in [-0.2, 0) is 11.2 Å². The molecule has 18 heavy (non-hydrogen) atoms. The Bertz CT molecular complexity index is 515. The maximum atomic E-state index is 12.7. The van der Waals surface area contributed by atoms with Crippen molar-refractivity contribution >= 4 is 5.91 Å². The molecule has 1 amide bonds. The molecule has 0 heterocycles. The van der Waals surface area contributed by atoms with E-state index in [4.69, 9.17) is 0 Å². The van der Waals surface area contributed by atoms with Crippen molar-refractivity contribution in [3.05, 3.63) is 48.0 Å². The molecule has 2 aliphatic carbocycles. The topological polar surface area (TPSA) is 41.1 Å². The predicted octanol–water partition coefficient (Wildman–Crippen LogP) is 1.92. The number of hydrogen-bond donors (Lipinski definition) is 2. The Kier molecular flexibility index (Phi) is 3.89. The van der Waals surface area contributed by atoms with E-state index in [0.717, 1.165) is 16.7 Å². The van der Waals surface area contributed by atoms with Gasteiger partial charge in [0.2, 0.25) is 5.91 Å². The zero-order valence-electron chi connectivity index (χ0n) is 10.1. The van der Waals surface area contributed by atoms with Gasteiger partial charge in [0.25, 0.3) is 0 Å². The number of hydrogen-bond acceptors (Lipinski definition) is 2. The van der Waals surface area contributed by atoms with Gasteiger partial charge in [-0.25, -0.2) is 0 Å². The average molecular weight is 246 g/mol. The zero-order valence-corrected chi connectivity index (χ0v) is 10.1. The minimum Gasteiger partial charge on any atom is -0.358 e. The summed E-state index contributed by atoms with van der Waals surface area (Å²) in [5, 5.41) is 2.44. The standard InChI is InChI=1S/C14H15FN2O/c1-16-14(18)13(17-15)9-11-8-7-10-5-3-2-4-6-12(10)11/h2-8,13,17H,9H2,1H3,(H,16,18). The van der Waals surface area contributed by atoms with Crippen LogP contribution < -0.4 is 10.9 Å². The molecule has 1 unspecified atom stereocenters. The Morgan fingerprint density at radius 1 is 1.22 bits per heavy atom. The van der Waals surface area contributed by atoms with Crippen LogP contribution in [0, 0.1) is 0 Å². The van der Waals surface area contributed by atoms with E-state index in [9.17, 15) is 9.28 Å². The molecule has 2 rings (SSSR count). The lowest BCUT2D eigenvalue weighted by molar-refractivity contribution is -0.123. The van der Waals surface area contributed by atoms with Crippen LogP contribution in [-0.4, -0.2) is 19.0 Å². The summed E-state index contributed by atoms with van der Waals surface area (Å²) in [4.78, 5) is 11.5. The summed E-state index contributed by atoms with van der Waals surface area (Å²) in [5.74, 6) is -0.354. The first-order valence-electron chi connectivity index (χ1n) is 5.80. The van der Waals surface area contributed by atoms with Gasteiger partial charge in [0.1, 0.15) is 6.04 Å². The van der Waals surface area contributed by atoms with Gasteiger partial charge in [0, 0.05) is 7.05 Å². The van der Waals surface area contributed by atoms with Crippen LogP contribution in [0.4, 0.5) is 4.48 Å². The number of carbonyl (C=O) groups is 1. The van der Waals surface area contributed by atoms with Crippen LogP contribution >= 0.6 is 0 Å². The van der Waals surface area contributed by atoms with Gasteiger partial charge in [0.15, 0.2) is 0 Å². The van der Waals surface area contributed by atoms with Crippen molar-refractivity contribution in [3.63, 3.8) is 0 Å². The number of amides is 1. The van der Waals surface area contributed by atoms with Crippen molar-refractivity contribution < 1.29 is 9.28 Å². The van der Waals surface area contributed by atoms with E-state index in [2.05, 4.69) is 5.32 Å². The molecule has 0 fully saturated rings. The molecule has 4 heteroatoms. The third kappa shape index (κ3) is 2.49. The Morgan fingerprint density at radius 2 is 2.00 bits per heavy atom. The van der Waals surface area contributed by atoms with Crippen molar-refractivity contribution in [2.24, 2.45) is 0 Å². The smallest absolute Gasteiger partial charge is 0.239 e. The number of nitrogens with one attached hydrogen (secondary N) is 2. The first-order chi connectivity index (χ1) is 8.76. The third-order valence-electron chi connectivity index (χ3n) is 3.00. The Hall–Kier alpha value is -1.94. The maximum absolute atomic E-state index is 12.7. The van der Waals surface area contributed by atoms with Gasteiger partial charge in [-0.1, -0.05) is 42.5 Å². The highest BCUT2D eigenvalue weighted by Crippen LogP contribution is 2.27. The van der Waals surface area contributed by atoms with Crippen molar-refractivity contribution in [2.75, 3.05) is 7.05 Å². The lowest BCUT2D eigenvalue weighted by atomic mass is 10.0. The van der Waals surface area contributed by atoms with Crippen LogP contribution in [0.2, 0.25) is 0 Å². The number of likely N-dealkylation sites (N-methyl/N-ethyl adjacent to an activating group) is 1. The van der Waals surface area contributed by atoms with Crippen molar-refractivity contribution in [2.45, 2.75) is 12.5 Å². The summed E-state index contributed by atoms with van der Waals surface area (Å²) in [6, 6.07) is 12.8. The lowest BCUT2D eigenvalue weighted by Crippen LogP contribution is -2.40. The molecule has 0 aromatic carbocycles. The summed E-state index contributed by atoms with van der Waals surface area (Å²) >= 11 is 0. The van der Waals surface area contributed by atoms with Gasteiger partial charge in [-0.2, -0.15) is 0 Å². The molecule has 0 aliphatic heterocycles. The highest BCUT2D eigenvalue weighted by Gasteiger charge is 2.19. The van der Waals surface area contributed by atoms with Crippen molar-refractivity contribution in [1.29, 1.82) is 0 Å². The first kappa shape index (κ1) is 12.5. The van der Waals surface area contributed by atoms with E-state index in [1.807, 2.05) is 42.5 Å². The number of fused-ring (bicyclic) bond motifs is 1. The molecule has 2 N–H and O–H groups in total. The summed E-state index contributed by atoms with van der Waals surface area (Å²) in [6.45, 7) is 0. The molecule has 0 radical (unpaired) electrons. The molecule has 0 aromatic rings. The zero-order chi connectivity index (χ0) is 13.0. The normalized spacial score (nSPS) is 12.3. The molecular weight excluding hydrogens is 231 g/mol. The van der Waals surface area contributed by atoms with Gasteiger partial charge < -0.3 is 5.32 Å². The van der Waals surface area contributed by atoms with E-state index in [1.165, 1.54) is 7.05 Å². The van der Waals surface area contributed by atoms with Crippen molar-refractivity contribution in [3.8, 4) is 11.1 Å². The lowest BCUT2D eigenvalue weighted by Gasteiger charge is -2.12. The number of halogens is 1. The molecule has 0 saturated carbocycles. The van der Waals surface area contributed by atoms with Gasteiger partial charge in [-0.3, -0.25) is 4.79 Å².